The third-order valence-electron chi connectivity index (χ3n) is 0.591. The Hall–Kier alpha value is -1.04. The molecule has 0 atom stereocenters. The van der Waals surface area contributed by atoms with Crippen LogP contribution in [0.25, 0.3) is 0 Å². The van der Waals surface area contributed by atoms with Gasteiger partial charge in [-0.1, -0.05) is 0 Å². The smallest absolute Gasteiger partial charge is 0.320 e. The number of hydrogen-bond donors (Lipinski definition) is 0. The molecule has 0 aliphatic rings. The third-order valence-corrected chi connectivity index (χ3v) is 0.591. The Morgan fingerprint density at radius 1 is 1.78 bits per heavy atom. The van der Waals surface area contributed by atoms with Gasteiger partial charge in [-0.05, 0) is 13.8 Å². The van der Waals surface area contributed by atoms with Crippen molar-refractivity contribution in [2.75, 3.05) is 0 Å². The van der Waals surface area contributed by atoms with Crippen LogP contribution in [0.5, 0.6) is 0 Å². The standard InChI is InChI=1S/C6H9NO2/c1-5(2)9-6(8)3-4-7/h5H,3H2,1-2H3/i4+2. The molecule has 0 heterocycles. The minimum atomic E-state index is -0.451. The maximum atomic E-state index is 10.4. The lowest BCUT2D eigenvalue weighted by Crippen LogP contribution is -2.09. The highest BCUT2D eigenvalue weighted by Gasteiger charge is 2.02. The van der Waals surface area contributed by atoms with Gasteiger partial charge in [-0.25, -0.2) is 0 Å². The van der Waals surface area contributed by atoms with E-state index in [1.54, 1.807) is 19.9 Å². The first-order valence-electron chi connectivity index (χ1n) is 2.73. The number of carbonyl (C=O) groups is 1. The fourth-order valence-electron chi connectivity index (χ4n) is 0.369. The zero-order valence-corrected chi connectivity index (χ0v) is 5.55. The number of hydrogen-bond acceptors (Lipinski definition) is 3. The van der Waals surface area contributed by atoms with Crippen molar-refractivity contribution in [3.8, 4) is 6.07 Å². The molecule has 0 saturated heterocycles. The molecule has 0 aromatic carbocycles. The van der Waals surface area contributed by atoms with E-state index in [1.165, 1.54) is 0 Å². The van der Waals surface area contributed by atoms with E-state index in [9.17, 15) is 4.79 Å². The molecule has 0 fully saturated rings. The van der Waals surface area contributed by atoms with Gasteiger partial charge in [0.1, 0.15) is 6.42 Å². The van der Waals surface area contributed by atoms with Crippen LogP contribution in [-0.2, 0) is 9.53 Å². The first kappa shape index (κ1) is 7.96. The van der Waals surface area contributed by atoms with Gasteiger partial charge in [0.2, 0.25) is 0 Å². The molecule has 0 unspecified atom stereocenters. The number of rotatable bonds is 2. The molecular formula is C6H9NO2. The first-order valence-corrected chi connectivity index (χ1v) is 2.73. The SMILES string of the molecule is CC(C)OC(=O)C[14C]#N. The molecule has 0 saturated carbocycles. The molecule has 0 aliphatic heterocycles. The summed E-state index contributed by atoms with van der Waals surface area (Å²) in [5.41, 5.74) is 0. The number of esters is 1. The normalized spacial score (nSPS) is 8.67. The van der Waals surface area contributed by atoms with Crippen LogP contribution >= 0.6 is 0 Å². The Morgan fingerprint density at radius 2 is 2.33 bits per heavy atom. The summed E-state index contributed by atoms with van der Waals surface area (Å²) < 4.78 is 4.63. The van der Waals surface area contributed by atoms with Crippen molar-refractivity contribution < 1.29 is 9.53 Å². The average molecular weight is 129 g/mol. The highest BCUT2D eigenvalue weighted by molar-refractivity contribution is 5.71. The van der Waals surface area contributed by atoms with Crippen molar-refractivity contribution in [2.45, 2.75) is 26.4 Å². The zero-order chi connectivity index (χ0) is 7.28. The molecule has 0 aromatic heterocycles. The van der Waals surface area contributed by atoms with E-state index in [-0.39, 0.29) is 12.5 Å². The summed E-state index contributed by atoms with van der Waals surface area (Å²) in [5.74, 6) is -0.451. The van der Waals surface area contributed by atoms with Gasteiger partial charge in [0, 0.05) is 0 Å². The van der Waals surface area contributed by atoms with Crippen molar-refractivity contribution in [3.05, 3.63) is 0 Å². The lowest BCUT2D eigenvalue weighted by Gasteiger charge is -2.03. The fourth-order valence-corrected chi connectivity index (χ4v) is 0.369. The van der Waals surface area contributed by atoms with Crippen molar-refractivity contribution in [2.24, 2.45) is 0 Å². The van der Waals surface area contributed by atoms with Crippen molar-refractivity contribution in [3.63, 3.8) is 0 Å². The van der Waals surface area contributed by atoms with E-state index in [4.69, 9.17) is 5.26 Å². The Bertz CT molecular complexity index is 134. The molecule has 0 aliphatic carbocycles. The number of nitrogens with zero attached hydrogens (tertiary/aromatic N) is 1. The molecule has 0 N–H and O–H groups in total. The van der Waals surface area contributed by atoms with Gasteiger partial charge >= 0.3 is 5.97 Å². The van der Waals surface area contributed by atoms with Gasteiger partial charge < -0.3 is 4.74 Å². The minimum absolute atomic E-state index is 0.120. The second-order valence-corrected chi connectivity index (χ2v) is 1.87. The highest BCUT2D eigenvalue weighted by Crippen LogP contribution is 1.90. The van der Waals surface area contributed by atoms with Crippen molar-refractivity contribution >= 4 is 5.97 Å². The molecule has 0 spiro atoms. The van der Waals surface area contributed by atoms with Crippen LogP contribution in [0.2, 0.25) is 0 Å². The summed E-state index contributed by atoms with van der Waals surface area (Å²) in [6.45, 7) is 3.49. The summed E-state index contributed by atoms with van der Waals surface area (Å²) in [7, 11) is 0. The summed E-state index contributed by atoms with van der Waals surface area (Å²) in [6, 6.07) is 1.70. The minimum Gasteiger partial charge on any atom is -0.462 e. The second kappa shape index (κ2) is 3.90. The molecule has 0 bridgehead atoms. The summed E-state index contributed by atoms with van der Waals surface area (Å²) >= 11 is 0. The maximum Gasteiger partial charge on any atom is 0.320 e. The molecule has 3 heteroatoms. The van der Waals surface area contributed by atoms with E-state index >= 15 is 0 Å². The van der Waals surface area contributed by atoms with E-state index in [1.807, 2.05) is 0 Å². The van der Waals surface area contributed by atoms with Crippen LogP contribution in [-0.4, -0.2) is 12.1 Å². The summed E-state index contributed by atoms with van der Waals surface area (Å²) in [6.07, 6.45) is -0.274. The van der Waals surface area contributed by atoms with Crippen LogP contribution in [0.1, 0.15) is 20.3 Å². The first-order chi connectivity index (χ1) is 4.16. The number of carbonyl (C=O) groups excluding carboxylic acids is 1. The maximum absolute atomic E-state index is 10.4. The average Bonchev–Trinajstić information content (AvgIpc) is 1.63. The van der Waals surface area contributed by atoms with Gasteiger partial charge in [0.15, 0.2) is 0 Å². The van der Waals surface area contributed by atoms with Gasteiger partial charge in [0.05, 0.1) is 12.2 Å². The van der Waals surface area contributed by atoms with Crippen LogP contribution in [0.4, 0.5) is 0 Å². The lowest BCUT2D eigenvalue weighted by atomic mass is 10.5. The monoisotopic (exact) mass is 129 g/mol. The number of ether oxygens (including phenoxy) is 1. The van der Waals surface area contributed by atoms with Crippen LogP contribution in [0.3, 0.4) is 0 Å². The fraction of sp³-hybridized carbons (Fsp3) is 0.667. The Labute approximate surface area is 54.2 Å². The van der Waals surface area contributed by atoms with Gasteiger partial charge in [-0.15, -0.1) is 0 Å². The van der Waals surface area contributed by atoms with Crippen LogP contribution in [0.15, 0.2) is 0 Å². The molecular weight excluding hydrogens is 120 g/mol. The van der Waals surface area contributed by atoms with E-state index in [0.717, 1.165) is 0 Å². The molecule has 9 heavy (non-hydrogen) atoms. The summed E-state index contributed by atoms with van der Waals surface area (Å²) in [5, 5.41) is 8.00. The molecule has 0 rings (SSSR count). The van der Waals surface area contributed by atoms with E-state index in [0.29, 0.717) is 0 Å². The topological polar surface area (TPSA) is 50.1 Å². The van der Waals surface area contributed by atoms with Crippen molar-refractivity contribution in [1.29, 1.82) is 5.26 Å². The number of nitriles is 1. The quantitative estimate of drug-likeness (QED) is 0.519. The second-order valence-electron chi connectivity index (χ2n) is 1.87. The molecule has 0 radical (unpaired) electrons. The van der Waals surface area contributed by atoms with E-state index in [2.05, 4.69) is 4.74 Å². The predicted molar refractivity (Wildman–Crippen MR) is 31.5 cm³/mol. The van der Waals surface area contributed by atoms with Crippen LogP contribution in [0, 0.1) is 11.3 Å². The van der Waals surface area contributed by atoms with Gasteiger partial charge in [0.25, 0.3) is 0 Å². The van der Waals surface area contributed by atoms with Crippen LogP contribution < -0.4 is 0 Å². The van der Waals surface area contributed by atoms with E-state index < -0.39 is 5.97 Å². The Morgan fingerprint density at radius 3 is 2.67 bits per heavy atom. The van der Waals surface area contributed by atoms with Crippen molar-refractivity contribution in [1.82, 2.24) is 0 Å². The zero-order valence-electron chi connectivity index (χ0n) is 5.55. The third kappa shape index (κ3) is 4.82. The molecule has 0 amide bonds. The molecule has 0 aromatic rings. The molecule has 3 nitrogen and oxygen atoms in total. The highest BCUT2D eigenvalue weighted by atomic mass is 16.5. The van der Waals surface area contributed by atoms with Gasteiger partial charge in [-0.3, -0.25) is 4.79 Å². The van der Waals surface area contributed by atoms with Gasteiger partial charge in [-0.2, -0.15) is 5.26 Å². The predicted octanol–water partition coefficient (Wildman–Crippen LogP) is 0.852. The molecule has 50 valence electrons. The Balaban J connectivity index is 3.42. The lowest BCUT2D eigenvalue weighted by molar-refractivity contribution is -0.146. The Kier molecular flexibility index (Phi) is 3.45. The summed E-state index contributed by atoms with van der Waals surface area (Å²) in [4.78, 5) is 10.4. The largest absolute Gasteiger partial charge is 0.462 e.